The highest BCUT2D eigenvalue weighted by molar-refractivity contribution is 5.79. The average Bonchev–Trinajstić information content (AvgIpc) is 3.46. The molecule has 0 saturated heterocycles. The molecule has 1 aromatic carbocycles. The lowest BCUT2D eigenvalue weighted by Crippen LogP contribution is -2.40. The third-order valence-electron chi connectivity index (χ3n) is 4.00. The molecule has 0 heterocycles. The SMILES string of the molecule is CCNC(=NCCOc1ccc(OC)cc1)N(C)CCOCC1CC1. The Hall–Kier alpha value is -1.95. The normalized spacial score (nSPS) is 14.3. The molecule has 0 aromatic heterocycles. The van der Waals surface area contributed by atoms with Crippen molar-refractivity contribution in [3.8, 4) is 11.5 Å². The molecule has 0 bridgehead atoms. The summed E-state index contributed by atoms with van der Waals surface area (Å²) in [5.41, 5.74) is 0. The Kier molecular flexibility index (Phi) is 8.39. The number of rotatable bonds is 11. The molecule has 0 aliphatic heterocycles. The molecule has 2 rings (SSSR count). The van der Waals surface area contributed by atoms with E-state index in [0.717, 1.165) is 49.7 Å². The maximum atomic E-state index is 5.71. The Morgan fingerprint density at radius 2 is 1.92 bits per heavy atom. The van der Waals surface area contributed by atoms with Crippen molar-refractivity contribution in [3.05, 3.63) is 24.3 Å². The Balaban J connectivity index is 1.69. The van der Waals surface area contributed by atoms with E-state index in [1.807, 2.05) is 31.3 Å². The van der Waals surface area contributed by atoms with Gasteiger partial charge in [-0.25, -0.2) is 4.99 Å². The van der Waals surface area contributed by atoms with Crippen LogP contribution in [-0.2, 0) is 4.74 Å². The van der Waals surface area contributed by atoms with E-state index in [9.17, 15) is 0 Å². The van der Waals surface area contributed by atoms with Crippen LogP contribution in [0.25, 0.3) is 0 Å². The largest absolute Gasteiger partial charge is 0.497 e. The Labute approximate surface area is 151 Å². The van der Waals surface area contributed by atoms with Gasteiger partial charge < -0.3 is 24.4 Å². The highest BCUT2D eigenvalue weighted by Gasteiger charge is 2.21. The summed E-state index contributed by atoms with van der Waals surface area (Å²) in [4.78, 5) is 6.72. The second kappa shape index (κ2) is 10.8. The van der Waals surface area contributed by atoms with Crippen molar-refractivity contribution in [1.29, 1.82) is 0 Å². The van der Waals surface area contributed by atoms with Crippen molar-refractivity contribution in [1.82, 2.24) is 10.2 Å². The number of hydrogen-bond acceptors (Lipinski definition) is 4. The van der Waals surface area contributed by atoms with Gasteiger partial charge in [0.1, 0.15) is 18.1 Å². The van der Waals surface area contributed by atoms with Crippen LogP contribution in [0.5, 0.6) is 11.5 Å². The van der Waals surface area contributed by atoms with E-state index in [-0.39, 0.29) is 0 Å². The van der Waals surface area contributed by atoms with Crippen LogP contribution in [0, 0.1) is 5.92 Å². The highest BCUT2D eigenvalue weighted by atomic mass is 16.5. The number of aliphatic imine (C=N–C) groups is 1. The second-order valence-electron chi connectivity index (χ2n) is 6.20. The number of likely N-dealkylation sites (N-methyl/N-ethyl adjacent to an activating group) is 1. The van der Waals surface area contributed by atoms with Gasteiger partial charge in [0, 0.05) is 26.7 Å². The van der Waals surface area contributed by atoms with Gasteiger partial charge in [-0.1, -0.05) is 0 Å². The van der Waals surface area contributed by atoms with Gasteiger partial charge in [-0.3, -0.25) is 0 Å². The minimum atomic E-state index is 0.535. The van der Waals surface area contributed by atoms with Crippen LogP contribution < -0.4 is 14.8 Å². The fourth-order valence-corrected chi connectivity index (χ4v) is 2.30. The molecule has 25 heavy (non-hydrogen) atoms. The first-order valence-electron chi connectivity index (χ1n) is 9.07. The van der Waals surface area contributed by atoms with Gasteiger partial charge in [-0.15, -0.1) is 0 Å². The number of nitrogens with one attached hydrogen (secondary N) is 1. The molecule has 0 radical (unpaired) electrons. The molecule has 1 aliphatic rings. The third-order valence-corrected chi connectivity index (χ3v) is 4.00. The maximum absolute atomic E-state index is 5.71. The van der Waals surface area contributed by atoms with Crippen LogP contribution in [0.1, 0.15) is 19.8 Å². The van der Waals surface area contributed by atoms with Gasteiger partial charge in [0.2, 0.25) is 0 Å². The number of guanidine groups is 1. The van der Waals surface area contributed by atoms with Crippen molar-refractivity contribution < 1.29 is 14.2 Å². The topological polar surface area (TPSA) is 55.3 Å². The molecule has 0 atom stereocenters. The molecular weight excluding hydrogens is 318 g/mol. The highest BCUT2D eigenvalue weighted by Crippen LogP contribution is 2.28. The predicted molar refractivity (Wildman–Crippen MR) is 101 cm³/mol. The van der Waals surface area contributed by atoms with E-state index >= 15 is 0 Å². The number of nitrogens with zero attached hydrogens (tertiary/aromatic N) is 2. The molecule has 0 unspecified atom stereocenters. The molecule has 1 aliphatic carbocycles. The Bertz CT molecular complexity index is 515. The number of ether oxygens (including phenoxy) is 3. The van der Waals surface area contributed by atoms with Crippen molar-refractivity contribution in [2.75, 3.05) is 53.6 Å². The minimum absolute atomic E-state index is 0.535. The third kappa shape index (κ3) is 7.65. The lowest BCUT2D eigenvalue weighted by atomic mass is 10.3. The van der Waals surface area contributed by atoms with E-state index in [4.69, 9.17) is 14.2 Å². The molecule has 140 valence electrons. The summed E-state index contributed by atoms with van der Waals surface area (Å²) >= 11 is 0. The molecule has 6 heteroatoms. The van der Waals surface area contributed by atoms with Gasteiger partial charge in [0.15, 0.2) is 5.96 Å². The quantitative estimate of drug-likeness (QED) is 0.378. The maximum Gasteiger partial charge on any atom is 0.193 e. The summed E-state index contributed by atoms with van der Waals surface area (Å²) in [5, 5.41) is 3.31. The molecule has 6 nitrogen and oxygen atoms in total. The smallest absolute Gasteiger partial charge is 0.193 e. The molecule has 1 saturated carbocycles. The molecule has 0 spiro atoms. The number of benzene rings is 1. The standard InChI is InChI=1S/C19H31N3O3/c1-4-20-19(22(2)12-14-24-15-16-5-6-16)21-11-13-25-18-9-7-17(23-3)8-10-18/h7-10,16H,4-6,11-15H2,1-3H3,(H,20,21). The zero-order valence-electron chi connectivity index (χ0n) is 15.7. The summed E-state index contributed by atoms with van der Waals surface area (Å²) in [5.74, 6) is 3.34. The van der Waals surface area contributed by atoms with E-state index in [0.29, 0.717) is 13.2 Å². The van der Waals surface area contributed by atoms with Crippen LogP contribution in [0.2, 0.25) is 0 Å². The van der Waals surface area contributed by atoms with Crippen LogP contribution in [0.4, 0.5) is 0 Å². The van der Waals surface area contributed by atoms with Gasteiger partial charge in [-0.2, -0.15) is 0 Å². The molecule has 1 fully saturated rings. The molecule has 1 aromatic rings. The van der Waals surface area contributed by atoms with Crippen molar-refractivity contribution >= 4 is 5.96 Å². The summed E-state index contributed by atoms with van der Waals surface area (Å²) in [7, 11) is 3.69. The van der Waals surface area contributed by atoms with Crippen molar-refractivity contribution in [2.45, 2.75) is 19.8 Å². The van der Waals surface area contributed by atoms with E-state index < -0.39 is 0 Å². The van der Waals surface area contributed by atoms with Crippen molar-refractivity contribution in [3.63, 3.8) is 0 Å². The van der Waals surface area contributed by atoms with Gasteiger partial charge in [-0.05, 0) is 49.9 Å². The first-order valence-corrected chi connectivity index (χ1v) is 9.07. The van der Waals surface area contributed by atoms with E-state index in [2.05, 4.69) is 22.1 Å². The fourth-order valence-electron chi connectivity index (χ4n) is 2.30. The molecular formula is C19H31N3O3. The number of hydrogen-bond donors (Lipinski definition) is 1. The second-order valence-corrected chi connectivity index (χ2v) is 6.20. The summed E-state index contributed by atoms with van der Waals surface area (Å²) < 4.78 is 16.5. The fraction of sp³-hybridized carbons (Fsp3) is 0.632. The lowest BCUT2D eigenvalue weighted by Gasteiger charge is -2.22. The zero-order chi connectivity index (χ0) is 17.9. The van der Waals surface area contributed by atoms with Crippen LogP contribution in [0.15, 0.2) is 29.3 Å². The predicted octanol–water partition coefficient (Wildman–Crippen LogP) is 2.40. The summed E-state index contributed by atoms with van der Waals surface area (Å²) in [6, 6.07) is 7.57. The van der Waals surface area contributed by atoms with Gasteiger partial charge >= 0.3 is 0 Å². The first kappa shape index (κ1) is 19.4. The van der Waals surface area contributed by atoms with Crippen molar-refractivity contribution in [2.24, 2.45) is 10.9 Å². The zero-order valence-corrected chi connectivity index (χ0v) is 15.7. The Morgan fingerprint density at radius 3 is 2.56 bits per heavy atom. The van der Waals surface area contributed by atoms with Gasteiger partial charge in [0.25, 0.3) is 0 Å². The molecule has 0 amide bonds. The average molecular weight is 349 g/mol. The summed E-state index contributed by atoms with van der Waals surface area (Å²) in [6.07, 6.45) is 2.66. The summed E-state index contributed by atoms with van der Waals surface area (Å²) in [6.45, 7) is 6.51. The van der Waals surface area contributed by atoms with Crippen LogP contribution in [-0.4, -0.2) is 64.5 Å². The number of methoxy groups -OCH3 is 1. The molecule has 1 N–H and O–H groups in total. The Morgan fingerprint density at radius 1 is 1.20 bits per heavy atom. The first-order chi connectivity index (χ1) is 12.2. The minimum Gasteiger partial charge on any atom is -0.497 e. The van der Waals surface area contributed by atoms with Crippen LogP contribution in [0.3, 0.4) is 0 Å². The van der Waals surface area contributed by atoms with E-state index in [1.54, 1.807) is 7.11 Å². The van der Waals surface area contributed by atoms with Gasteiger partial charge in [0.05, 0.1) is 20.3 Å². The van der Waals surface area contributed by atoms with E-state index in [1.165, 1.54) is 12.8 Å². The monoisotopic (exact) mass is 349 g/mol. The lowest BCUT2D eigenvalue weighted by molar-refractivity contribution is 0.115. The van der Waals surface area contributed by atoms with Crippen LogP contribution >= 0.6 is 0 Å².